The first-order chi connectivity index (χ1) is 14.3. The largest absolute Gasteiger partial charge is 0.483 e. The van der Waals surface area contributed by atoms with E-state index in [9.17, 15) is 14.0 Å². The standard InChI is InChI=1S/C22H25BrClFN2O3/c1-3-11-26-22(29)19(4-2)27(13-15-5-8-17(25)9-6-15)21(28)14-30-20-10-7-16(24)12-18(20)23/h5-10,12,19H,3-4,11,13-14H2,1-2H3,(H,26,29)/t19-/m0/s1. The van der Waals surface area contributed by atoms with Crippen molar-refractivity contribution in [2.75, 3.05) is 13.2 Å². The number of nitrogens with zero attached hydrogens (tertiary/aromatic N) is 1. The molecule has 0 bridgehead atoms. The summed E-state index contributed by atoms with van der Waals surface area (Å²) in [4.78, 5) is 27.2. The fourth-order valence-corrected chi connectivity index (χ4v) is 3.68. The van der Waals surface area contributed by atoms with Gasteiger partial charge in [-0.1, -0.05) is 37.6 Å². The number of carbonyl (C=O) groups excluding carboxylic acids is 2. The van der Waals surface area contributed by atoms with Gasteiger partial charge in [-0.2, -0.15) is 0 Å². The van der Waals surface area contributed by atoms with E-state index in [1.165, 1.54) is 17.0 Å². The van der Waals surface area contributed by atoms with Gasteiger partial charge in [0.25, 0.3) is 5.91 Å². The molecule has 2 rings (SSSR count). The van der Waals surface area contributed by atoms with Crippen molar-refractivity contribution in [2.45, 2.75) is 39.3 Å². The molecule has 8 heteroatoms. The Morgan fingerprint density at radius 2 is 1.90 bits per heavy atom. The van der Waals surface area contributed by atoms with E-state index in [1.54, 1.807) is 30.3 Å². The van der Waals surface area contributed by atoms with E-state index in [0.717, 1.165) is 12.0 Å². The second-order valence-corrected chi connectivity index (χ2v) is 8.02. The van der Waals surface area contributed by atoms with Crippen molar-refractivity contribution in [1.29, 1.82) is 0 Å². The lowest BCUT2D eigenvalue weighted by atomic mass is 10.1. The molecule has 1 atom stereocenters. The number of amides is 2. The summed E-state index contributed by atoms with van der Waals surface area (Å²) in [5.74, 6) is -0.458. The SMILES string of the molecule is CCCNC(=O)[C@H](CC)N(Cc1ccc(F)cc1)C(=O)COc1ccc(Cl)cc1Br. The lowest BCUT2D eigenvalue weighted by Crippen LogP contribution is -2.50. The van der Waals surface area contributed by atoms with Crippen molar-refractivity contribution in [3.63, 3.8) is 0 Å². The number of rotatable bonds is 10. The second-order valence-electron chi connectivity index (χ2n) is 6.73. The van der Waals surface area contributed by atoms with E-state index in [1.807, 2.05) is 13.8 Å². The zero-order chi connectivity index (χ0) is 22.1. The molecular weight excluding hydrogens is 475 g/mol. The van der Waals surface area contributed by atoms with Gasteiger partial charge in [0.2, 0.25) is 5.91 Å². The summed E-state index contributed by atoms with van der Waals surface area (Å²) in [6.45, 7) is 4.25. The minimum atomic E-state index is -0.661. The Morgan fingerprint density at radius 3 is 2.50 bits per heavy atom. The van der Waals surface area contributed by atoms with Crippen LogP contribution in [0.3, 0.4) is 0 Å². The zero-order valence-corrected chi connectivity index (χ0v) is 19.3. The molecule has 0 heterocycles. The van der Waals surface area contributed by atoms with Crippen LogP contribution in [0.15, 0.2) is 46.9 Å². The van der Waals surface area contributed by atoms with Crippen molar-refractivity contribution in [1.82, 2.24) is 10.2 Å². The molecule has 0 aromatic heterocycles. The Hall–Kier alpha value is -2.12. The highest BCUT2D eigenvalue weighted by atomic mass is 79.9. The molecule has 0 saturated carbocycles. The van der Waals surface area contributed by atoms with Gasteiger partial charge in [-0.05, 0) is 64.7 Å². The van der Waals surface area contributed by atoms with Gasteiger partial charge in [-0.15, -0.1) is 0 Å². The van der Waals surface area contributed by atoms with Crippen LogP contribution in [0.25, 0.3) is 0 Å². The minimum Gasteiger partial charge on any atom is -0.483 e. The summed E-state index contributed by atoms with van der Waals surface area (Å²) >= 11 is 9.29. The Balaban J connectivity index is 2.20. The summed E-state index contributed by atoms with van der Waals surface area (Å²) < 4.78 is 19.6. The first-order valence-electron chi connectivity index (χ1n) is 9.75. The second kappa shape index (κ2) is 11.9. The van der Waals surface area contributed by atoms with Crippen LogP contribution in [-0.2, 0) is 16.1 Å². The maximum absolute atomic E-state index is 13.3. The molecule has 1 N–H and O–H groups in total. The summed E-state index contributed by atoms with van der Waals surface area (Å²) in [5.41, 5.74) is 0.721. The maximum Gasteiger partial charge on any atom is 0.261 e. The molecule has 30 heavy (non-hydrogen) atoms. The zero-order valence-electron chi connectivity index (χ0n) is 17.0. The molecule has 0 saturated heterocycles. The highest BCUT2D eigenvalue weighted by Gasteiger charge is 2.28. The van der Waals surface area contributed by atoms with Crippen LogP contribution in [0.5, 0.6) is 5.75 Å². The topological polar surface area (TPSA) is 58.6 Å². The maximum atomic E-state index is 13.3. The molecule has 2 aromatic carbocycles. The monoisotopic (exact) mass is 498 g/mol. The lowest BCUT2D eigenvalue weighted by molar-refractivity contribution is -0.143. The van der Waals surface area contributed by atoms with Crippen LogP contribution >= 0.6 is 27.5 Å². The van der Waals surface area contributed by atoms with Gasteiger partial charge < -0.3 is 15.0 Å². The molecular formula is C22H25BrClFN2O3. The minimum absolute atomic E-state index is 0.169. The fraction of sp³-hybridized carbons (Fsp3) is 0.364. The normalized spacial score (nSPS) is 11.6. The molecule has 0 aliphatic carbocycles. The van der Waals surface area contributed by atoms with E-state index in [2.05, 4.69) is 21.2 Å². The molecule has 2 amide bonds. The predicted octanol–water partition coefficient (Wildman–Crippen LogP) is 4.95. The van der Waals surface area contributed by atoms with Crippen molar-refractivity contribution in [2.24, 2.45) is 0 Å². The number of halogens is 3. The molecule has 0 aliphatic heterocycles. The van der Waals surface area contributed by atoms with E-state index >= 15 is 0 Å². The molecule has 0 unspecified atom stereocenters. The fourth-order valence-electron chi connectivity index (χ4n) is 2.89. The Bertz CT molecular complexity index is 864. The summed E-state index contributed by atoms with van der Waals surface area (Å²) in [7, 11) is 0. The predicted molar refractivity (Wildman–Crippen MR) is 119 cm³/mol. The third-order valence-electron chi connectivity index (χ3n) is 4.45. The van der Waals surface area contributed by atoms with Crippen molar-refractivity contribution < 1.29 is 18.7 Å². The number of benzene rings is 2. The average molecular weight is 500 g/mol. The van der Waals surface area contributed by atoms with Crippen LogP contribution in [0, 0.1) is 5.82 Å². The van der Waals surface area contributed by atoms with Crippen LogP contribution in [0.4, 0.5) is 4.39 Å². The van der Waals surface area contributed by atoms with Crippen molar-refractivity contribution in [3.05, 3.63) is 63.3 Å². The quantitative estimate of drug-likeness (QED) is 0.503. The molecule has 0 aliphatic rings. The summed E-state index contributed by atoms with van der Waals surface area (Å²) in [6.07, 6.45) is 1.23. The van der Waals surface area contributed by atoms with Crippen LogP contribution < -0.4 is 10.1 Å². The van der Waals surface area contributed by atoms with Gasteiger partial charge in [-0.25, -0.2) is 4.39 Å². The van der Waals surface area contributed by atoms with Crippen LogP contribution in [-0.4, -0.2) is 35.9 Å². The third kappa shape index (κ3) is 6.99. The van der Waals surface area contributed by atoms with E-state index in [-0.39, 0.29) is 30.8 Å². The molecule has 162 valence electrons. The van der Waals surface area contributed by atoms with E-state index in [4.69, 9.17) is 16.3 Å². The Morgan fingerprint density at radius 1 is 1.20 bits per heavy atom. The Kier molecular flexibility index (Phi) is 9.59. The van der Waals surface area contributed by atoms with Crippen LogP contribution in [0.1, 0.15) is 32.3 Å². The average Bonchev–Trinajstić information content (AvgIpc) is 2.72. The van der Waals surface area contributed by atoms with E-state index < -0.39 is 6.04 Å². The molecule has 0 spiro atoms. The van der Waals surface area contributed by atoms with Gasteiger partial charge in [-0.3, -0.25) is 9.59 Å². The highest BCUT2D eigenvalue weighted by molar-refractivity contribution is 9.10. The third-order valence-corrected chi connectivity index (χ3v) is 5.30. The highest BCUT2D eigenvalue weighted by Crippen LogP contribution is 2.28. The van der Waals surface area contributed by atoms with Gasteiger partial charge >= 0.3 is 0 Å². The Labute approximate surface area is 189 Å². The first-order valence-corrected chi connectivity index (χ1v) is 10.9. The number of hydrogen-bond acceptors (Lipinski definition) is 3. The van der Waals surface area contributed by atoms with Gasteiger partial charge in [0.05, 0.1) is 4.47 Å². The molecule has 2 aromatic rings. The van der Waals surface area contributed by atoms with Crippen molar-refractivity contribution >= 4 is 39.3 Å². The lowest BCUT2D eigenvalue weighted by Gasteiger charge is -2.30. The summed E-state index contributed by atoms with van der Waals surface area (Å²) in [5, 5.41) is 3.39. The smallest absolute Gasteiger partial charge is 0.261 e. The number of ether oxygens (including phenoxy) is 1. The van der Waals surface area contributed by atoms with Gasteiger partial charge in [0.1, 0.15) is 17.6 Å². The van der Waals surface area contributed by atoms with Gasteiger partial charge in [0, 0.05) is 18.1 Å². The molecule has 5 nitrogen and oxygen atoms in total. The van der Waals surface area contributed by atoms with Gasteiger partial charge in [0.15, 0.2) is 6.61 Å². The number of carbonyl (C=O) groups is 2. The molecule has 0 fully saturated rings. The number of hydrogen-bond donors (Lipinski definition) is 1. The first kappa shape index (κ1) is 24.2. The molecule has 0 radical (unpaired) electrons. The van der Waals surface area contributed by atoms with Crippen molar-refractivity contribution in [3.8, 4) is 5.75 Å². The summed E-state index contributed by atoms with van der Waals surface area (Å²) in [6, 6.07) is 10.2. The number of nitrogens with one attached hydrogen (secondary N) is 1. The van der Waals surface area contributed by atoms with Crippen LogP contribution in [0.2, 0.25) is 5.02 Å². The van der Waals surface area contributed by atoms with E-state index in [0.29, 0.717) is 28.2 Å².